The van der Waals surface area contributed by atoms with Gasteiger partial charge in [0.2, 0.25) is 16.3 Å². The van der Waals surface area contributed by atoms with Crippen molar-refractivity contribution in [2.24, 2.45) is 0 Å². The van der Waals surface area contributed by atoms with Crippen LogP contribution in [0.4, 0.5) is 0 Å². The fourth-order valence-corrected chi connectivity index (χ4v) is 2.12. The lowest BCUT2D eigenvalue weighted by molar-refractivity contribution is 0.504. The van der Waals surface area contributed by atoms with Crippen LogP contribution in [0.3, 0.4) is 0 Å². The molecule has 0 N–H and O–H groups in total. The maximum Gasteiger partial charge on any atom is 0.216 e. The van der Waals surface area contributed by atoms with E-state index in [1.54, 1.807) is 12.8 Å². The average molecular weight is 274 g/mol. The summed E-state index contributed by atoms with van der Waals surface area (Å²) in [6.07, 6.45) is 7.65. The average Bonchev–Trinajstić information content (AvgIpc) is 1.69. The zero-order chi connectivity index (χ0) is 5.11. The van der Waals surface area contributed by atoms with Crippen molar-refractivity contribution >= 4 is 50.3 Å². The molecule has 9 heavy (non-hydrogen) atoms. The van der Waals surface area contributed by atoms with Crippen molar-refractivity contribution in [1.82, 2.24) is 0 Å². The van der Waals surface area contributed by atoms with Crippen molar-refractivity contribution in [3.63, 3.8) is 0 Å². The van der Waals surface area contributed by atoms with E-state index in [0.29, 0.717) is 0 Å². The zero-order valence-corrected chi connectivity index (χ0v) is 11.4. The molecule has 0 saturated heterocycles. The van der Waals surface area contributed by atoms with Gasteiger partial charge >= 0.3 is 0 Å². The Bertz CT molecular complexity index is 53.0. The number of hydrogen-bond donors (Lipinski definition) is 0. The molecule has 0 spiro atoms. The number of halogens is 2. The first kappa shape index (κ1) is 13.1. The van der Waals surface area contributed by atoms with Gasteiger partial charge < -0.3 is 0 Å². The SMILES string of the molecule is Br.Br.[AlH2][CH]1CCCCC1. The third-order valence-electron chi connectivity index (χ3n) is 1.89. The fourth-order valence-electron chi connectivity index (χ4n) is 1.31. The van der Waals surface area contributed by atoms with Crippen molar-refractivity contribution in [1.29, 1.82) is 0 Å². The molecule has 1 rings (SSSR count). The molecule has 0 radical (unpaired) electrons. The van der Waals surface area contributed by atoms with Crippen LogP contribution in [0.5, 0.6) is 0 Å². The van der Waals surface area contributed by atoms with E-state index in [4.69, 9.17) is 0 Å². The molecule has 0 aromatic heterocycles. The molecular weight excluding hydrogens is 259 g/mol. The van der Waals surface area contributed by atoms with Crippen LogP contribution >= 0.6 is 34.0 Å². The molecule has 0 atom stereocenters. The van der Waals surface area contributed by atoms with E-state index >= 15 is 0 Å². The van der Waals surface area contributed by atoms with Gasteiger partial charge in [-0.3, -0.25) is 0 Å². The van der Waals surface area contributed by atoms with Gasteiger partial charge in [0.15, 0.2) is 0 Å². The molecule has 0 amide bonds. The van der Waals surface area contributed by atoms with E-state index in [-0.39, 0.29) is 34.0 Å². The van der Waals surface area contributed by atoms with E-state index in [9.17, 15) is 0 Å². The molecule has 0 bridgehead atoms. The second-order valence-corrected chi connectivity index (χ2v) is 4.38. The highest BCUT2D eigenvalue weighted by Gasteiger charge is 2.06. The number of rotatable bonds is 0. The Morgan fingerprint density at radius 1 is 0.889 bits per heavy atom. The molecular formula is C6H15AlBr2. The van der Waals surface area contributed by atoms with Gasteiger partial charge in [-0.2, -0.15) is 0 Å². The summed E-state index contributed by atoms with van der Waals surface area (Å²) < 4.78 is 1.17. The molecule has 3 heteroatoms. The molecule has 0 nitrogen and oxygen atoms in total. The van der Waals surface area contributed by atoms with E-state index < -0.39 is 0 Å². The lowest BCUT2D eigenvalue weighted by Crippen LogP contribution is -1.98. The third-order valence-corrected chi connectivity index (χ3v) is 3.05. The summed E-state index contributed by atoms with van der Waals surface area (Å²) in [5.74, 6) is 0. The summed E-state index contributed by atoms with van der Waals surface area (Å²) in [6.45, 7) is 0. The Morgan fingerprint density at radius 3 is 1.56 bits per heavy atom. The molecule has 0 heterocycles. The monoisotopic (exact) mass is 272 g/mol. The fraction of sp³-hybridized carbons (Fsp3) is 1.00. The quantitative estimate of drug-likeness (QED) is 0.595. The van der Waals surface area contributed by atoms with Crippen LogP contribution in [0.15, 0.2) is 0 Å². The van der Waals surface area contributed by atoms with E-state index in [1.807, 2.05) is 0 Å². The van der Waals surface area contributed by atoms with Crippen LogP contribution in [0.25, 0.3) is 0 Å². The van der Waals surface area contributed by atoms with E-state index in [0.717, 1.165) is 0 Å². The predicted molar refractivity (Wildman–Crippen MR) is 56.0 cm³/mol. The smallest absolute Gasteiger partial charge is 0.114 e. The zero-order valence-electron chi connectivity index (χ0n) is 5.93. The predicted octanol–water partition coefficient (Wildman–Crippen LogP) is 2.53. The maximum atomic E-state index is 1.55. The molecule has 0 unspecified atom stereocenters. The highest BCUT2D eigenvalue weighted by Crippen LogP contribution is 2.24. The van der Waals surface area contributed by atoms with Gasteiger partial charge in [0, 0.05) is 0 Å². The van der Waals surface area contributed by atoms with Gasteiger partial charge in [0.25, 0.3) is 0 Å². The first-order valence-corrected chi connectivity index (χ1v) is 4.55. The summed E-state index contributed by atoms with van der Waals surface area (Å²) in [5, 5.41) is 0. The van der Waals surface area contributed by atoms with Gasteiger partial charge in [-0.1, -0.05) is 36.9 Å². The van der Waals surface area contributed by atoms with Crippen LogP contribution in [0, 0.1) is 0 Å². The van der Waals surface area contributed by atoms with Crippen molar-refractivity contribution in [3.05, 3.63) is 0 Å². The summed E-state index contributed by atoms with van der Waals surface area (Å²) in [6, 6.07) is 0. The van der Waals surface area contributed by atoms with Crippen molar-refractivity contribution in [2.45, 2.75) is 36.9 Å². The van der Waals surface area contributed by atoms with Gasteiger partial charge in [0.1, 0.15) is 0 Å². The lowest BCUT2D eigenvalue weighted by atomic mass is 10.0. The Balaban J connectivity index is 0. The van der Waals surface area contributed by atoms with Crippen LogP contribution in [-0.4, -0.2) is 16.3 Å². The second kappa shape index (κ2) is 7.60. The molecule has 1 aliphatic rings. The minimum absolute atomic E-state index is 0. The first-order valence-electron chi connectivity index (χ1n) is 3.39. The summed E-state index contributed by atoms with van der Waals surface area (Å²) in [7, 11) is 0. The second-order valence-electron chi connectivity index (χ2n) is 2.74. The third kappa shape index (κ3) is 5.91. The Kier molecular flexibility index (Phi) is 11.1. The molecule has 0 aliphatic heterocycles. The molecule has 0 aromatic rings. The molecule has 56 valence electrons. The number of hydrogen-bond acceptors (Lipinski definition) is 0. The van der Waals surface area contributed by atoms with Gasteiger partial charge in [-0.15, -0.1) is 34.0 Å². The van der Waals surface area contributed by atoms with Crippen LogP contribution in [0.2, 0.25) is 4.78 Å². The van der Waals surface area contributed by atoms with Crippen LogP contribution in [-0.2, 0) is 0 Å². The summed E-state index contributed by atoms with van der Waals surface area (Å²) in [4.78, 5) is 0. The van der Waals surface area contributed by atoms with Crippen LogP contribution in [0.1, 0.15) is 32.1 Å². The minimum atomic E-state index is 0. The molecule has 1 saturated carbocycles. The molecule has 1 fully saturated rings. The van der Waals surface area contributed by atoms with Gasteiger partial charge in [-0.25, -0.2) is 0 Å². The first-order chi connectivity index (χ1) is 3.39. The highest BCUT2D eigenvalue weighted by atomic mass is 79.9. The minimum Gasteiger partial charge on any atom is -0.114 e. The van der Waals surface area contributed by atoms with Gasteiger partial charge in [-0.05, 0) is 0 Å². The van der Waals surface area contributed by atoms with E-state index in [2.05, 4.69) is 0 Å². The topological polar surface area (TPSA) is 0 Å². The maximum absolute atomic E-state index is 1.55. The Labute approximate surface area is 86.7 Å². The normalized spacial score (nSPS) is 19.6. The van der Waals surface area contributed by atoms with Gasteiger partial charge in [0.05, 0.1) is 0 Å². The van der Waals surface area contributed by atoms with Crippen molar-refractivity contribution < 1.29 is 0 Å². The Hall–Kier alpha value is 1.49. The highest BCUT2D eigenvalue weighted by molar-refractivity contribution is 8.93. The largest absolute Gasteiger partial charge is 0.216 e. The lowest BCUT2D eigenvalue weighted by Gasteiger charge is -2.15. The Morgan fingerprint density at radius 2 is 1.33 bits per heavy atom. The van der Waals surface area contributed by atoms with Crippen molar-refractivity contribution in [2.75, 3.05) is 0 Å². The summed E-state index contributed by atoms with van der Waals surface area (Å²) in [5.41, 5.74) is 0. The molecule has 1 aliphatic carbocycles. The standard InChI is InChI=1S/C6H11.Al.2BrH.2H/c1-2-4-6-5-3-1;;;;;/h1H,2-6H2;;2*1H;;. The van der Waals surface area contributed by atoms with Crippen molar-refractivity contribution in [3.8, 4) is 0 Å². The van der Waals surface area contributed by atoms with Crippen LogP contribution < -0.4 is 0 Å². The molecule has 0 aromatic carbocycles. The summed E-state index contributed by atoms with van der Waals surface area (Å²) >= 11 is 1.45. The van der Waals surface area contributed by atoms with E-state index in [1.165, 1.54) is 40.3 Å².